The number of rotatable bonds is 6. The number of nitrogens with one attached hydrogen (secondary N) is 2. The van der Waals surface area contributed by atoms with Crippen molar-refractivity contribution in [3.8, 4) is 0 Å². The summed E-state index contributed by atoms with van der Waals surface area (Å²) in [4.78, 5) is 11.6. The second kappa shape index (κ2) is 7.92. The van der Waals surface area contributed by atoms with Gasteiger partial charge >= 0.3 is 6.36 Å². The average Bonchev–Trinajstić information content (AvgIpc) is 3.12. The molecule has 4 aromatic rings. The standard InChI is InChI=1S/C21H17F3N4O/c22-21(23,24)29-20(15-5-2-1-3-6-15)28-18-9-8-14(12-26-18)11-16-13-27-19-17(16)7-4-10-25-19/h1-10,12-13,20H,11H2,(H,25,27)(H,26,28). The Bertz CT molecular complexity index is 1080. The van der Waals surface area contributed by atoms with Gasteiger partial charge in [0.25, 0.3) is 0 Å². The number of anilines is 1. The van der Waals surface area contributed by atoms with Crippen molar-refractivity contribution < 1.29 is 17.9 Å². The summed E-state index contributed by atoms with van der Waals surface area (Å²) in [6, 6.07) is 15.4. The maximum atomic E-state index is 12.8. The summed E-state index contributed by atoms with van der Waals surface area (Å²) in [6.45, 7) is 0. The molecule has 1 unspecified atom stereocenters. The summed E-state index contributed by atoms with van der Waals surface area (Å²) in [5.74, 6) is 0.285. The van der Waals surface area contributed by atoms with E-state index in [0.29, 0.717) is 12.0 Å². The molecule has 3 heterocycles. The van der Waals surface area contributed by atoms with Gasteiger partial charge in [-0.15, -0.1) is 13.2 Å². The fourth-order valence-electron chi connectivity index (χ4n) is 3.07. The van der Waals surface area contributed by atoms with E-state index in [1.165, 1.54) is 0 Å². The smallest absolute Gasteiger partial charge is 0.346 e. The Labute approximate surface area is 164 Å². The van der Waals surface area contributed by atoms with Gasteiger partial charge in [0.2, 0.25) is 0 Å². The molecule has 1 atom stereocenters. The van der Waals surface area contributed by atoms with E-state index in [0.717, 1.165) is 22.2 Å². The van der Waals surface area contributed by atoms with Crippen molar-refractivity contribution in [3.63, 3.8) is 0 Å². The minimum absolute atomic E-state index is 0.285. The van der Waals surface area contributed by atoms with Gasteiger partial charge in [0, 0.05) is 36.0 Å². The number of nitrogens with zero attached hydrogens (tertiary/aromatic N) is 2. The number of pyridine rings is 2. The van der Waals surface area contributed by atoms with Crippen LogP contribution >= 0.6 is 0 Å². The molecule has 0 radical (unpaired) electrons. The van der Waals surface area contributed by atoms with E-state index >= 15 is 0 Å². The lowest BCUT2D eigenvalue weighted by molar-refractivity contribution is -0.341. The van der Waals surface area contributed by atoms with Gasteiger partial charge in [-0.3, -0.25) is 4.74 Å². The Morgan fingerprint density at radius 1 is 1.00 bits per heavy atom. The lowest BCUT2D eigenvalue weighted by atomic mass is 10.1. The molecular formula is C21H17F3N4O. The number of halogens is 3. The van der Waals surface area contributed by atoms with Crippen LogP contribution in [0.3, 0.4) is 0 Å². The minimum atomic E-state index is -4.78. The zero-order valence-electron chi connectivity index (χ0n) is 15.1. The number of H-pyrrole nitrogens is 1. The summed E-state index contributed by atoms with van der Waals surface area (Å²) >= 11 is 0. The monoisotopic (exact) mass is 398 g/mol. The van der Waals surface area contributed by atoms with Gasteiger partial charge in [0.15, 0.2) is 6.23 Å². The number of aromatic nitrogens is 3. The average molecular weight is 398 g/mol. The molecule has 0 aliphatic rings. The molecular weight excluding hydrogens is 381 g/mol. The third-order valence-electron chi connectivity index (χ3n) is 4.39. The fourth-order valence-corrected chi connectivity index (χ4v) is 3.07. The van der Waals surface area contributed by atoms with Crippen LogP contribution in [-0.2, 0) is 11.2 Å². The Morgan fingerprint density at radius 3 is 2.55 bits per heavy atom. The number of hydrogen-bond donors (Lipinski definition) is 2. The van der Waals surface area contributed by atoms with Crippen molar-refractivity contribution in [1.29, 1.82) is 0 Å². The van der Waals surface area contributed by atoms with E-state index in [-0.39, 0.29) is 5.82 Å². The van der Waals surface area contributed by atoms with Gasteiger partial charge in [-0.1, -0.05) is 36.4 Å². The van der Waals surface area contributed by atoms with Crippen LogP contribution in [0.25, 0.3) is 11.0 Å². The number of hydrogen-bond acceptors (Lipinski definition) is 4. The molecule has 3 aromatic heterocycles. The molecule has 2 N–H and O–H groups in total. The predicted octanol–water partition coefficient (Wildman–Crippen LogP) is 5.20. The summed E-state index contributed by atoms with van der Waals surface area (Å²) < 4.78 is 42.6. The lowest BCUT2D eigenvalue weighted by Crippen LogP contribution is -2.24. The third kappa shape index (κ3) is 4.72. The molecule has 148 valence electrons. The predicted molar refractivity (Wildman–Crippen MR) is 103 cm³/mol. The first-order valence-electron chi connectivity index (χ1n) is 8.90. The molecule has 0 bridgehead atoms. The lowest BCUT2D eigenvalue weighted by Gasteiger charge is -2.21. The fraction of sp³-hybridized carbons (Fsp3) is 0.143. The minimum Gasteiger partial charge on any atom is -0.346 e. The Hall–Kier alpha value is -3.39. The topological polar surface area (TPSA) is 62.8 Å². The van der Waals surface area contributed by atoms with Gasteiger partial charge in [-0.25, -0.2) is 9.97 Å². The highest BCUT2D eigenvalue weighted by Gasteiger charge is 2.34. The van der Waals surface area contributed by atoms with Crippen molar-refractivity contribution >= 4 is 16.9 Å². The molecule has 8 heteroatoms. The molecule has 29 heavy (non-hydrogen) atoms. The third-order valence-corrected chi connectivity index (χ3v) is 4.39. The summed E-state index contributed by atoms with van der Waals surface area (Å²) in [6.07, 6.45) is -0.304. The van der Waals surface area contributed by atoms with Crippen LogP contribution in [-0.4, -0.2) is 21.3 Å². The van der Waals surface area contributed by atoms with Crippen molar-refractivity contribution in [2.75, 3.05) is 5.32 Å². The molecule has 1 aromatic carbocycles. The van der Waals surface area contributed by atoms with Crippen molar-refractivity contribution in [1.82, 2.24) is 15.0 Å². The number of benzene rings is 1. The molecule has 0 aliphatic carbocycles. The highest BCUT2D eigenvalue weighted by Crippen LogP contribution is 2.28. The zero-order chi connectivity index (χ0) is 20.3. The van der Waals surface area contributed by atoms with Crippen LogP contribution in [0.1, 0.15) is 22.9 Å². The highest BCUT2D eigenvalue weighted by molar-refractivity contribution is 5.79. The maximum absolute atomic E-state index is 12.8. The largest absolute Gasteiger partial charge is 0.524 e. The molecule has 0 saturated carbocycles. The quantitative estimate of drug-likeness (QED) is 0.439. The van der Waals surface area contributed by atoms with Gasteiger partial charge < -0.3 is 10.3 Å². The van der Waals surface area contributed by atoms with E-state index < -0.39 is 12.6 Å². The van der Waals surface area contributed by atoms with E-state index in [4.69, 9.17) is 0 Å². The van der Waals surface area contributed by atoms with Gasteiger partial charge in [-0.05, 0) is 29.3 Å². The van der Waals surface area contributed by atoms with Crippen molar-refractivity contribution in [3.05, 3.63) is 89.9 Å². The Kier molecular flexibility index (Phi) is 5.18. The van der Waals surface area contributed by atoms with Crippen molar-refractivity contribution in [2.45, 2.75) is 19.0 Å². The second-order valence-corrected chi connectivity index (χ2v) is 6.44. The van der Waals surface area contributed by atoms with Gasteiger partial charge in [0.1, 0.15) is 11.5 Å². The summed E-state index contributed by atoms with van der Waals surface area (Å²) in [7, 11) is 0. The van der Waals surface area contributed by atoms with Gasteiger partial charge in [0.05, 0.1) is 0 Å². The Morgan fingerprint density at radius 2 is 1.83 bits per heavy atom. The molecule has 0 spiro atoms. The van der Waals surface area contributed by atoms with Crippen LogP contribution in [0, 0.1) is 0 Å². The first-order valence-corrected chi connectivity index (χ1v) is 8.90. The second-order valence-electron chi connectivity index (χ2n) is 6.44. The van der Waals surface area contributed by atoms with E-state index in [2.05, 4.69) is 25.0 Å². The first-order chi connectivity index (χ1) is 14.0. The summed E-state index contributed by atoms with van der Waals surface area (Å²) in [5, 5.41) is 3.72. The molecule has 0 saturated heterocycles. The van der Waals surface area contributed by atoms with Crippen LogP contribution in [0.2, 0.25) is 0 Å². The highest BCUT2D eigenvalue weighted by atomic mass is 19.4. The zero-order valence-corrected chi connectivity index (χ0v) is 15.1. The van der Waals surface area contributed by atoms with E-state index in [1.54, 1.807) is 48.8 Å². The molecule has 0 aliphatic heterocycles. The molecule has 5 nitrogen and oxygen atoms in total. The normalized spacial score (nSPS) is 12.8. The molecule has 0 fully saturated rings. The van der Waals surface area contributed by atoms with E-state index in [1.807, 2.05) is 24.4 Å². The van der Waals surface area contributed by atoms with E-state index in [9.17, 15) is 13.2 Å². The first kappa shape index (κ1) is 18.9. The number of ether oxygens (including phenoxy) is 1. The maximum Gasteiger partial charge on any atom is 0.524 e. The van der Waals surface area contributed by atoms with Crippen molar-refractivity contribution in [2.24, 2.45) is 0 Å². The Balaban J connectivity index is 1.50. The van der Waals surface area contributed by atoms with Crippen LogP contribution < -0.4 is 5.32 Å². The van der Waals surface area contributed by atoms with Gasteiger partial charge in [-0.2, -0.15) is 0 Å². The number of alkyl halides is 3. The van der Waals surface area contributed by atoms with Crippen LogP contribution in [0.4, 0.5) is 19.0 Å². The number of fused-ring (bicyclic) bond motifs is 1. The van der Waals surface area contributed by atoms with Crippen LogP contribution in [0.15, 0.2) is 73.2 Å². The molecule has 4 rings (SSSR count). The van der Waals surface area contributed by atoms with Crippen LogP contribution in [0.5, 0.6) is 0 Å². The number of aromatic amines is 1. The summed E-state index contributed by atoms with van der Waals surface area (Å²) in [5.41, 5.74) is 3.15. The SMILES string of the molecule is FC(F)(F)OC(Nc1ccc(Cc2c[nH]c3ncccc23)cn1)c1ccccc1. The molecule has 0 amide bonds.